The molecule has 1 heterocycles. The molecule has 32 heavy (non-hydrogen) atoms. The van der Waals surface area contributed by atoms with E-state index in [2.05, 4.69) is 4.98 Å². The summed E-state index contributed by atoms with van der Waals surface area (Å²) in [5.74, 6) is 1.11. The van der Waals surface area contributed by atoms with E-state index in [-0.39, 0.29) is 21.6 Å². The average molecular weight is 449 g/mol. The lowest BCUT2D eigenvalue weighted by molar-refractivity contribution is 0.414. The van der Waals surface area contributed by atoms with Crippen LogP contribution in [0.1, 0.15) is 22.9 Å². The summed E-state index contributed by atoms with van der Waals surface area (Å²) in [7, 11) is -2.32. The van der Waals surface area contributed by atoms with E-state index in [1.165, 1.54) is 12.1 Å². The molecule has 0 fully saturated rings. The van der Waals surface area contributed by atoms with Crippen LogP contribution in [-0.2, 0) is 16.3 Å². The van der Waals surface area contributed by atoms with E-state index in [1.54, 1.807) is 25.3 Å². The molecule has 0 amide bonds. The van der Waals surface area contributed by atoms with E-state index in [1.807, 2.05) is 55.5 Å². The van der Waals surface area contributed by atoms with Gasteiger partial charge < -0.3 is 14.9 Å². The van der Waals surface area contributed by atoms with Gasteiger partial charge in [-0.3, -0.25) is 0 Å². The maximum Gasteiger partial charge on any atom is 0.227 e. The Morgan fingerprint density at radius 2 is 1.62 bits per heavy atom. The fraction of sp³-hybridized carbons (Fsp3) is 0.160. The van der Waals surface area contributed by atoms with E-state index in [4.69, 9.17) is 14.9 Å². The average Bonchev–Trinajstić information content (AvgIpc) is 3.27. The summed E-state index contributed by atoms with van der Waals surface area (Å²) in [6.45, 7) is 1.92. The number of aromatic nitrogens is 1. The lowest BCUT2D eigenvalue weighted by atomic mass is 10.1. The number of aryl methyl sites for hydroxylation is 1. The summed E-state index contributed by atoms with van der Waals surface area (Å²) in [6, 6.07) is 22.5. The van der Waals surface area contributed by atoms with Crippen LogP contribution >= 0.6 is 0 Å². The predicted octanol–water partition coefficient (Wildman–Crippen LogP) is 4.73. The van der Waals surface area contributed by atoms with E-state index in [0.717, 1.165) is 22.4 Å². The number of ether oxygens (including phenoxy) is 1. The first-order valence-electron chi connectivity index (χ1n) is 10.2. The van der Waals surface area contributed by atoms with Crippen molar-refractivity contribution in [1.29, 1.82) is 0 Å². The second kappa shape index (κ2) is 8.98. The van der Waals surface area contributed by atoms with Gasteiger partial charge in [-0.15, -0.1) is 0 Å². The van der Waals surface area contributed by atoms with Gasteiger partial charge >= 0.3 is 0 Å². The third kappa shape index (κ3) is 4.30. The van der Waals surface area contributed by atoms with Crippen molar-refractivity contribution in [2.24, 2.45) is 5.73 Å². The van der Waals surface area contributed by atoms with Gasteiger partial charge in [-0.05, 0) is 54.8 Å². The second-order valence-corrected chi connectivity index (χ2v) is 9.34. The third-order valence-electron chi connectivity index (χ3n) is 5.26. The summed E-state index contributed by atoms with van der Waals surface area (Å²) in [5.41, 5.74) is 9.05. The first-order chi connectivity index (χ1) is 15.4. The smallest absolute Gasteiger partial charge is 0.227 e. The van der Waals surface area contributed by atoms with Gasteiger partial charge in [0.2, 0.25) is 20.8 Å². The van der Waals surface area contributed by atoms with Crippen LogP contribution in [0.2, 0.25) is 0 Å². The van der Waals surface area contributed by atoms with Crippen LogP contribution in [0.4, 0.5) is 0 Å². The molecule has 1 aromatic heterocycles. The molecule has 0 saturated carbocycles. The van der Waals surface area contributed by atoms with Gasteiger partial charge in [0.25, 0.3) is 0 Å². The van der Waals surface area contributed by atoms with E-state index in [9.17, 15) is 8.42 Å². The highest BCUT2D eigenvalue weighted by atomic mass is 32.2. The molecule has 2 N–H and O–H groups in total. The zero-order chi connectivity index (χ0) is 22.7. The Morgan fingerprint density at radius 1 is 0.969 bits per heavy atom. The summed E-state index contributed by atoms with van der Waals surface area (Å²) in [6.07, 6.45) is 0.379. The molecule has 4 rings (SSSR count). The van der Waals surface area contributed by atoms with Gasteiger partial charge in [0, 0.05) is 5.56 Å². The number of methoxy groups -OCH3 is 1. The van der Waals surface area contributed by atoms with E-state index in [0.29, 0.717) is 6.42 Å². The predicted molar refractivity (Wildman–Crippen MR) is 122 cm³/mol. The van der Waals surface area contributed by atoms with Crippen molar-refractivity contribution >= 4 is 9.84 Å². The minimum atomic E-state index is -3.92. The first kappa shape index (κ1) is 21.8. The molecule has 0 spiro atoms. The van der Waals surface area contributed by atoms with Crippen molar-refractivity contribution in [2.75, 3.05) is 7.11 Å². The summed E-state index contributed by atoms with van der Waals surface area (Å²) in [5, 5.41) is -0.150. The van der Waals surface area contributed by atoms with Crippen molar-refractivity contribution < 1.29 is 17.6 Å². The number of hydrogen-bond donors (Lipinski definition) is 1. The molecule has 6 nitrogen and oxygen atoms in total. The van der Waals surface area contributed by atoms with Gasteiger partial charge in [0.1, 0.15) is 5.75 Å². The zero-order valence-electron chi connectivity index (χ0n) is 17.9. The minimum Gasteiger partial charge on any atom is -0.497 e. The molecule has 3 aromatic carbocycles. The molecule has 0 aliphatic heterocycles. The zero-order valence-corrected chi connectivity index (χ0v) is 18.7. The number of benzene rings is 3. The Labute approximate surface area is 187 Å². The van der Waals surface area contributed by atoms with Gasteiger partial charge in [-0.1, -0.05) is 48.5 Å². The van der Waals surface area contributed by atoms with E-state index < -0.39 is 15.9 Å². The maximum absolute atomic E-state index is 13.4. The normalized spacial score (nSPS) is 12.5. The lowest BCUT2D eigenvalue weighted by Crippen LogP contribution is -2.16. The Kier molecular flexibility index (Phi) is 6.12. The Balaban J connectivity index is 1.79. The van der Waals surface area contributed by atoms with Crippen molar-refractivity contribution in [1.82, 2.24) is 4.98 Å². The first-order valence-corrected chi connectivity index (χ1v) is 11.6. The van der Waals surface area contributed by atoms with Crippen LogP contribution in [0.25, 0.3) is 11.5 Å². The molecule has 1 unspecified atom stereocenters. The molecule has 1 atom stereocenters. The second-order valence-electron chi connectivity index (χ2n) is 7.48. The highest BCUT2D eigenvalue weighted by molar-refractivity contribution is 7.91. The molecule has 0 aliphatic rings. The number of nitrogens with two attached hydrogens (primary N) is 1. The molecular formula is C25H24N2O4S. The Bertz CT molecular complexity index is 1310. The monoisotopic (exact) mass is 448 g/mol. The highest BCUT2D eigenvalue weighted by Crippen LogP contribution is 2.34. The summed E-state index contributed by atoms with van der Waals surface area (Å²) < 4.78 is 38.1. The van der Waals surface area contributed by atoms with Gasteiger partial charge in [-0.2, -0.15) is 4.98 Å². The number of oxazole rings is 1. The standard InChI is InChI=1S/C25H24N2O4S/c1-17-8-6-7-11-21(17)24-27-25(32(28,29)20-9-4-3-5-10-20)23(31-24)22(26)16-18-12-14-19(30-2)15-13-18/h3-15,22H,16,26H2,1-2H3. The largest absolute Gasteiger partial charge is 0.497 e. The Morgan fingerprint density at radius 3 is 2.28 bits per heavy atom. The number of hydrogen-bond acceptors (Lipinski definition) is 6. The molecule has 0 aliphatic carbocycles. The fourth-order valence-electron chi connectivity index (χ4n) is 3.49. The number of rotatable bonds is 7. The summed E-state index contributed by atoms with van der Waals surface area (Å²) in [4.78, 5) is 4.57. The fourth-order valence-corrected chi connectivity index (χ4v) is 4.89. The van der Waals surface area contributed by atoms with Crippen LogP contribution < -0.4 is 10.5 Å². The van der Waals surface area contributed by atoms with Crippen LogP contribution in [0.15, 0.2) is 93.2 Å². The molecular weight excluding hydrogens is 424 g/mol. The van der Waals surface area contributed by atoms with Gasteiger partial charge in [-0.25, -0.2) is 8.42 Å². The van der Waals surface area contributed by atoms with Crippen molar-refractivity contribution in [2.45, 2.75) is 29.3 Å². The number of sulfone groups is 1. The van der Waals surface area contributed by atoms with Gasteiger partial charge in [0.05, 0.1) is 18.0 Å². The van der Waals surface area contributed by atoms with Crippen LogP contribution in [0, 0.1) is 6.92 Å². The topological polar surface area (TPSA) is 95.4 Å². The van der Waals surface area contributed by atoms with Crippen molar-refractivity contribution in [3.63, 3.8) is 0 Å². The van der Waals surface area contributed by atoms with Crippen molar-refractivity contribution in [3.8, 4) is 17.2 Å². The molecule has 0 bridgehead atoms. The number of nitrogens with zero attached hydrogens (tertiary/aromatic N) is 1. The summed E-state index contributed by atoms with van der Waals surface area (Å²) >= 11 is 0. The molecule has 7 heteroatoms. The molecule has 0 radical (unpaired) electrons. The quantitative estimate of drug-likeness (QED) is 0.439. The third-order valence-corrected chi connectivity index (χ3v) is 6.95. The maximum atomic E-state index is 13.4. The minimum absolute atomic E-state index is 0.141. The SMILES string of the molecule is COc1ccc(CC(N)c2oc(-c3ccccc3C)nc2S(=O)(=O)c2ccccc2)cc1. The molecule has 164 valence electrons. The van der Waals surface area contributed by atoms with Crippen molar-refractivity contribution in [3.05, 3.63) is 95.7 Å². The van der Waals surface area contributed by atoms with Crippen LogP contribution in [0.5, 0.6) is 5.75 Å². The van der Waals surface area contributed by atoms with Crippen LogP contribution in [-0.4, -0.2) is 20.5 Å². The van der Waals surface area contributed by atoms with Crippen LogP contribution in [0.3, 0.4) is 0 Å². The van der Waals surface area contributed by atoms with Gasteiger partial charge in [0.15, 0.2) is 5.76 Å². The molecule has 4 aromatic rings. The Hall–Kier alpha value is -3.42. The van der Waals surface area contributed by atoms with E-state index >= 15 is 0 Å². The highest BCUT2D eigenvalue weighted by Gasteiger charge is 2.31. The lowest BCUT2D eigenvalue weighted by Gasteiger charge is -2.11. The molecule has 0 saturated heterocycles.